The first kappa shape index (κ1) is 19.4. The Hall–Kier alpha value is -2.91. The monoisotopic (exact) mass is 368 g/mol. The van der Waals surface area contributed by atoms with Gasteiger partial charge >= 0.3 is 6.18 Å². The highest BCUT2D eigenvalue weighted by Gasteiger charge is 2.34. The fourth-order valence-electron chi connectivity index (χ4n) is 1.99. The van der Waals surface area contributed by atoms with Crippen LogP contribution in [0.25, 0.3) is 0 Å². The van der Waals surface area contributed by atoms with Crippen molar-refractivity contribution in [1.82, 2.24) is 15.0 Å². The summed E-state index contributed by atoms with van der Waals surface area (Å²) in [7, 11) is 3.16. The van der Waals surface area contributed by atoms with Crippen molar-refractivity contribution in [3.05, 3.63) is 35.7 Å². The summed E-state index contributed by atoms with van der Waals surface area (Å²) in [5, 5.41) is 5.27. The van der Waals surface area contributed by atoms with Crippen molar-refractivity contribution in [3.63, 3.8) is 0 Å². The Morgan fingerprint density at radius 2 is 1.92 bits per heavy atom. The van der Waals surface area contributed by atoms with E-state index >= 15 is 0 Å². The van der Waals surface area contributed by atoms with Gasteiger partial charge in [0.1, 0.15) is 11.6 Å². The Morgan fingerprint density at radius 1 is 1.19 bits per heavy atom. The van der Waals surface area contributed by atoms with Crippen LogP contribution < -0.4 is 15.5 Å². The summed E-state index contributed by atoms with van der Waals surface area (Å²) < 4.78 is 38.8. The van der Waals surface area contributed by atoms with Crippen LogP contribution in [0.4, 0.5) is 30.8 Å². The van der Waals surface area contributed by atoms with Crippen LogP contribution in [0, 0.1) is 6.92 Å². The zero-order valence-electron chi connectivity index (χ0n) is 14.6. The molecule has 0 spiro atoms. The third kappa shape index (κ3) is 5.57. The first-order chi connectivity index (χ1) is 12.1. The number of hydrogen-bond acceptors (Lipinski definition) is 6. The van der Waals surface area contributed by atoms with Crippen LogP contribution in [0.5, 0.6) is 0 Å². The van der Waals surface area contributed by atoms with Crippen LogP contribution in [-0.4, -0.2) is 41.5 Å². The van der Waals surface area contributed by atoms with Gasteiger partial charge in [-0.05, 0) is 19.1 Å². The molecule has 2 aromatic rings. The molecule has 0 saturated heterocycles. The van der Waals surface area contributed by atoms with Gasteiger partial charge in [-0.3, -0.25) is 4.79 Å². The fourth-order valence-corrected chi connectivity index (χ4v) is 1.99. The minimum Gasteiger partial charge on any atom is -0.363 e. The van der Waals surface area contributed by atoms with Crippen molar-refractivity contribution in [2.45, 2.75) is 19.5 Å². The third-order valence-electron chi connectivity index (χ3n) is 3.25. The number of rotatable bonds is 6. The summed E-state index contributed by atoms with van der Waals surface area (Å²) in [6.07, 6.45) is -4.56. The lowest BCUT2D eigenvalue weighted by molar-refractivity contribution is -0.141. The van der Waals surface area contributed by atoms with E-state index in [-0.39, 0.29) is 30.6 Å². The normalized spacial score (nSPS) is 11.2. The van der Waals surface area contributed by atoms with E-state index in [0.717, 1.165) is 11.8 Å². The smallest absolute Gasteiger partial charge is 0.363 e. The fraction of sp³-hybridized carbons (Fsp3) is 0.375. The molecule has 0 aliphatic carbocycles. The highest BCUT2D eigenvalue weighted by Crippen LogP contribution is 2.30. The maximum absolute atomic E-state index is 12.9. The number of nitrogens with zero attached hydrogens (tertiary/aromatic N) is 4. The largest absolute Gasteiger partial charge is 0.433 e. The van der Waals surface area contributed by atoms with Gasteiger partial charge in [0.25, 0.3) is 0 Å². The van der Waals surface area contributed by atoms with Gasteiger partial charge in [0.15, 0.2) is 5.69 Å². The molecule has 2 heterocycles. The average molecular weight is 368 g/mol. The summed E-state index contributed by atoms with van der Waals surface area (Å²) in [6.45, 7) is 1.87. The zero-order chi connectivity index (χ0) is 19.3. The lowest BCUT2D eigenvalue weighted by Crippen LogP contribution is -2.20. The summed E-state index contributed by atoms with van der Waals surface area (Å²) >= 11 is 0. The van der Waals surface area contributed by atoms with E-state index in [4.69, 9.17) is 0 Å². The summed E-state index contributed by atoms with van der Waals surface area (Å²) in [5.41, 5.74) is -0.290. The molecule has 0 unspecified atom stereocenters. The van der Waals surface area contributed by atoms with E-state index in [1.165, 1.54) is 4.90 Å². The van der Waals surface area contributed by atoms with Gasteiger partial charge in [-0.1, -0.05) is 6.07 Å². The number of amides is 1. The second-order valence-electron chi connectivity index (χ2n) is 5.72. The maximum atomic E-state index is 12.9. The molecule has 0 radical (unpaired) electrons. The topological polar surface area (TPSA) is 83.0 Å². The Balaban J connectivity index is 1.98. The number of aromatic nitrogens is 3. The van der Waals surface area contributed by atoms with Gasteiger partial charge < -0.3 is 15.5 Å². The standard InChI is InChI=1S/C16H19F3N6O/c1-10-5-4-6-12(21-10)23-14(26)7-8-20-15-22-11(16(17,18)19)9-13(24-15)25(2)3/h4-6,9H,7-8H2,1-3H3,(H,20,22,24)(H,21,23,26). The highest BCUT2D eigenvalue weighted by atomic mass is 19.4. The molecule has 10 heteroatoms. The van der Waals surface area contributed by atoms with E-state index in [1.54, 1.807) is 39.2 Å². The molecule has 2 aromatic heterocycles. The van der Waals surface area contributed by atoms with Crippen molar-refractivity contribution in [2.75, 3.05) is 36.2 Å². The van der Waals surface area contributed by atoms with Crippen molar-refractivity contribution in [3.8, 4) is 0 Å². The van der Waals surface area contributed by atoms with E-state index in [0.29, 0.717) is 5.82 Å². The zero-order valence-corrected chi connectivity index (χ0v) is 14.6. The first-order valence-corrected chi connectivity index (χ1v) is 7.76. The summed E-state index contributed by atoms with van der Waals surface area (Å²) in [6, 6.07) is 6.07. The van der Waals surface area contributed by atoms with Gasteiger partial charge in [0, 0.05) is 38.8 Å². The van der Waals surface area contributed by atoms with Crippen molar-refractivity contribution in [2.24, 2.45) is 0 Å². The quantitative estimate of drug-likeness (QED) is 0.816. The van der Waals surface area contributed by atoms with Crippen molar-refractivity contribution < 1.29 is 18.0 Å². The molecule has 7 nitrogen and oxygen atoms in total. The second kappa shape index (κ2) is 7.98. The van der Waals surface area contributed by atoms with Crippen LogP contribution >= 0.6 is 0 Å². The number of nitrogens with one attached hydrogen (secondary N) is 2. The van der Waals surface area contributed by atoms with Gasteiger partial charge in [0.2, 0.25) is 11.9 Å². The first-order valence-electron chi connectivity index (χ1n) is 7.76. The Kier molecular flexibility index (Phi) is 5.96. The minimum atomic E-state index is -4.58. The lowest BCUT2D eigenvalue weighted by atomic mass is 10.3. The Morgan fingerprint density at radius 3 is 2.54 bits per heavy atom. The number of anilines is 3. The second-order valence-corrected chi connectivity index (χ2v) is 5.72. The SMILES string of the molecule is Cc1cccc(NC(=O)CCNc2nc(N(C)C)cc(C(F)(F)F)n2)n1. The van der Waals surface area contributed by atoms with Crippen molar-refractivity contribution >= 4 is 23.5 Å². The van der Waals surface area contributed by atoms with Crippen LogP contribution in [0.1, 0.15) is 17.8 Å². The average Bonchev–Trinajstić information content (AvgIpc) is 2.53. The third-order valence-corrected chi connectivity index (χ3v) is 3.25. The molecular formula is C16H19F3N6O. The number of halogens is 3. The van der Waals surface area contributed by atoms with Crippen LogP contribution in [0.3, 0.4) is 0 Å². The number of alkyl halides is 3. The van der Waals surface area contributed by atoms with Crippen LogP contribution in [0.15, 0.2) is 24.3 Å². The van der Waals surface area contributed by atoms with Gasteiger partial charge in [-0.2, -0.15) is 18.2 Å². The molecule has 26 heavy (non-hydrogen) atoms. The molecule has 2 N–H and O–H groups in total. The minimum absolute atomic E-state index is 0.0204. The number of carbonyl (C=O) groups is 1. The molecule has 0 atom stereocenters. The molecule has 0 aromatic carbocycles. The molecular weight excluding hydrogens is 349 g/mol. The predicted molar refractivity (Wildman–Crippen MR) is 92.1 cm³/mol. The highest BCUT2D eigenvalue weighted by molar-refractivity contribution is 5.90. The Bertz CT molecular complexity index is 779. The number of hydrogen-bond donors (Lipinski definition) is 2. The van der Waals surface area contributed by atoms with E-state index < -0.39 is 11.9 Å². The lowest BCUT2D eigenvalue weighted by Gasteiger charge is -2.15. The molecule has 0 aliphatic rings. The van der Waals surface area contributed by atoms with E-state index in [9.17, 15) is 18.0 Å². The van der Waals surface area contributed by atoms with Gasteiger partial charge in [0.05, 0.1) is 0 Å². The predicted octanol–water partition coefficient (Wildman–Crippen LogP) is 2.71. The van der Waals surface area contributed by atoms with Crippen LogP contribution in [-0.2, 0) is 11.0 Å². The maximum Gasteiger partial charge on any atom is 0.433 e. The van der Waals surface area contributed by atoms with Crippen LogP contribution in [0.2, 0.25) is 0 Å². The molecule has 0 saturated carbocycles. The van der Waals surface area contributed by atoms with Crippen molar-refractivity contribution in [1.29, 1.82) is 0 Å². The molecule has 2 rings (SSSR count). The molecule has 0 bridgehead atoms. The van der Waals surface area contributed by atoms with E-state index in [1.807, 2.05) is 0 Å². The van der Waals surface area contributed by atoms with E-state index in [2.05, 4.69) is 25.6 Å². The summed E-state index contributed by atoms with van der Waals surface area (Å²) in [4.78, 5) is 24.9. The number of pyridine rings is 1. The molecule has 1 amide bonds. The van der Waals surface area contributed by atoms with Gasteiger partial charge in [-0.25, -0.2) is 9.97 Å². The Labute approximate surface area is 148 Å². The molecule has 0 fully saturated rings. The molecule has 140 valence electrons. The summed E-state index contributed by atoms with van der Waals surface area (Å²) in [5.74, 6) is 0.0175. The number of aryl methyl sites for hydroxylation is 1. The number of carbonyl (C=O) groups excluding carboxylic acids is 1. The molecule has 0 aliphatic heterocycles. The van der Waals surface area contributed by atoms with Gasteiger partial charge in [-0.15, -0.1) is 0 Å².